The van der Waals surface area contributed by atoms with Crippen molar-refractivity contribution in [3.05, 3.63) is 41.2 Å². The lowest BCUT2D eigenvalue weighted by atomic mass is 9.99. The van der Waals surface area contributed by atoms with Crippen LogP contribution in [-0.4, -0.2) is 0 Å². The van der Waals surface area contributed by atoms with Gasteiger partial charge in [-0.25, -0.2) is 4.85 Å². The molecule has 0 heterocycles. The molecule has 0 bridgehead atoms. The Balaban J connectivity index is 2.86. The predicted octanol–water partition coefficient (Wildman–Crippen LogP) is 3.75. The van der Waals surface area contributed by atoms with Gasteiger partial charge >= 0.3 is 0 Å². The highest BCUT2D eigenvalue weighted by atomic mass is 14.6. The summed E-state index contributed by atoms with van der Waals surface area (Å²) >= 11 is 0. The van der Waals surface area contributed by atoms with E-state index in [0.717, 1.165) is 12.1 Å². The Morgan fingerprint density at radius 3 is 2.33 bits per heavy atom. The minimum absolute atomic E-state index is 0.602. The van der Waals surface area contributed by atoms with Gasteiger partial charge in [0, 0.05) is 0 Å². The van der Waals surface area contributed by atoms with Crippen LogP contribution in [-0.2, 0) is 0 Å². The number of rotatable bonds is 2. The van der Waals surface area contributed by atoms with Crippen molar-refractivity contribution in [1.82, 2.24) is 0 Å². The largest absolute Gasteiger partial charge is 0.238 e. The summed E-state index contributed by atoms with van der Waals surface area (Å²) in [6.07, 6.45) is 1.15. The van der Waals surface area contributed by atoms with E-state index >= 15 is 0 Å². The number of hydrogen-bond donors (Lipinski definition) is 0. The first kappa shape index (κ1) is 8.80. The predicted molar refractivity (Wildman–Crippen MR) is 51.4 cm³/mol. The van der Waals surface area contributed by atoms with Gasteiger partial charge in [-0.15, -0.1) is 0 Å². The van der Waals surface area contributed by atoms with Crippen molar-refractivity contribution in [3.63, 3.8) is 0 Å². The van der Waals surface area contributed by atoms with Crippen molar-refractivity contribution in [2.24, 2.45) is 0 Å². The third-order valence-corrected chi connectivity index (χ3v) is 2.20. The normalized spacial score (nSPS) is 12.1. The Bertz CT molecular complexity index is 279. The summed E-state index contributed by atoms with van der Waals surface area (Å²) in [5, 5.41) is 0. The first-order valence-corrected chi connectivity index (χ1v) is 4.25. The third-order valence-electron chi connectivity index (χ3n) is 2.20. The Hall–Kier alpha value is -1.29. The van der Waals surface area contributed by atoms with E-state index in [1.165, 1.54) is 5.56 Å². The molecule has 0 fully saturated rings. The highest BCUT2D eigenvalue weighted by molar-refractivity contribution is 5.45. The summed E-state index contributed by atoms with van der Waals surface area (Å²) in [5.74, 6) is 0.602. The van der Waals surface area contributed by atoms with E-state index in [1.807, 2.05) is 24.3 Å². The Morgan fingerprint density at radius 2 is 1.92 bits per heavy atom. The second-order valence-electron chi connectivity index (χ2n) is 3.01. The first-order chi connectivity index (χ1) is 5.77. The molecule has 1 unspecified atom stereocenters. The fourth-order valence-electron chi connectivity index (χ4n) is 1.11. The van der Waals surface area contributed by atoms with Crippen molar-refractivity contribution < 1.29 is 0 Å². The smallest absolute Gasteiger partial charge is 0.187 e. The van der Waals surface area contributed by atoms with E-state index in [9.17, 15) is 0 Å². The highest BCUT2D eigenvalue weighted by Crippen LogP contribution is 2.21. The van der Waals surface area contributed by atoms with Gasteiger partial charge < -0.3 is 0 Å². The average molecular weight is 159 g/mol. The quantitative estimate of drug-likeness (QED) is 0.579. The lowest BCUT2D eigenvalue weighted by Gasteiger charge is -2.07. The van der Waals surface area contributed by atoms with Crippen LogP contribution >= 0.6 is 0 Å². The molecule has 1 nitrogen and oxygen atoms in total. The lowest BCUT2D eigenvalue weighted by molar-refractivity contribution is 0.734. The van der Waals surface area contributed by atoms with Gasteiger partial charge in [0.25, 0.3) is 0 Å². The fourth-order valence-corrected chi connectivity index (χ4v) is 1.11. The molecule has 1 aromatic rings. The van der Waals surface area contributed by atoms with Crippen molar-refractivity contribution in [1.29, 1.82) is 0 Å². The molecule has 1 atom stereocenters. The van der Waals surface area contributed by atoms with E-state index in [0.29, 0.717) is 5.92 Å². The van der Waals surface area contributed by atoms with Crippen LogP contribution in [0.4, 0.5) is 5.69 Å². The summed E-state index contributed by atoms with van der Waals surface area (Å²) in [4.78, 5) is 3.35. The molecular weight excluding hydrogens is 146 g/mol. The zero-order chi connectivity index (χ0) is 8.97. The van der Waals surface area contributed by atoms with Crippen molar-refractivity contribution in [2.75, 3.05) is 0 Å². The van der Waals surface area contributed by atoms with Gasteiger partial charge in [0.2, 0.25) is 0 Å². The SMILES string of the molecule is [C-]#[N+]c1ccc(C(C)CC)cc1. The molecule has 0 saturated carbocycles. The number of hydrogen-bond acceptors (Lipinski definition) is 0. The van der Waals surface area contributed by atoms with Gasteiger partial charge in [0.15, 0.2) is 5.69 Å². The maximum atomic E-state index is 6.79. The topological polar surface area (TPSA) is 4.36 Å². The first-order valence-electron chi connectivity index (χ1n) is 4.25. The number of nitrogens with zero attached hydrogens (tertiary/aromatic N) is 1. The summed E-state index contributed by atoms with van der Waals surface area (Å²) in [7, 11) is 0. The van der Waals surface area contributed by atoms with Crippen molar-refractivity contribution >= 4 is 5.69 Å². The highest BCUT2D eigenvalue weighted by Gasteiger charge is 2.01. The second kappa shape index (κ2) is 3.92. The summed E-state index contributed by atoms with van der Waals surface area (Å²) in [6, 6.07) is 7.85. The van der Waals surface area contributed by atoms with E-state index in [1.54, 1.807) is 0 Å². The van der Waals surface area contributed by atoms with Crippen LogP contribution in [0.25, 0.3) is 4.85 Å². The van der Waals surface area contributed by atoms with Crippen LogP contribution in [0, 0.1) is 6.57 Å². The van der Waals surface area contributed by atoms with Gasteiger partial charge in [-0.05, 0) is 17.9 Å². The van der Waals surface area contributed by atoms with Gasteiger partial charge in [-0.3, -0.25) is 0 Å². The zero-order valence-corrected chi connectivity index (χ0v) is 7.54. The summed E-state index contributed by atoms with van der Waals surface area (Å²) in [6.45, 7) is 11.2. The molecule has 1 rings (SSSR count). The maximum absolute atomic E-state index is 6.79. The molecule has 0 aliphatic heterocycles. The van der Waals surface area contributed by atoms with Gasteiger partial charge in [-0.2, -0.15) is 0 Å². The van der Waals surface area contributed by atoms with E-state index in [2.05, 4.69) is 18.7 Å². The molecule has 1 aromatic carbocycles. The van der Waals surface area contributed by atoms with Gasteiger partial charge in [0.1, 0.15) is 0 Å². The minimum atomic E-state index is 0.602. The van der Waals surface area contributed by atoms with E-state index in [4.69, 9.17) is 6.57 Å². The van der Waals surface area contributed by atoms with Crippen LogP contribution in [0.2, 0.25) is 0 Å². The van der Waals surface area contributed by atoms with Crippen LogP contribution in [0.1, 0.15) is 31.7 Å². The lowest BCUT2D eigenvalue weighted by Crippen LogP contribution is -1.89. The molecule has 0 N–H and O–H groups in total. The molecule has 12 heavy (non-hydrogen) atoms. The van der Waals surface area contributed by atoms with Crippen LogP contribution in [0.15, 0.2) is 24.3 Å². The van der Waals surface area contributed by atoms with E-state index in [-0.39, 0.29) is 0 Å². The van der Waals surface area contributed by atoms with Gasteiger partial charge in [-0.1, -0.05) is 38.1 Å². The summed E-state index contributed by atoms with van der Waals surface area (Å²) < 4.78 is 0. The molecule has 62 valence electrons. The maximum Gasteiger partial charge on any atom is 0.187 e. The fraction of sp³-hybridized carbons (Fsp3) is 0.364. The van der Waals surface area contributed by atoms with Crippen molar-refractivity contribution in [3.8, 4) is 0 Å². The molecular formula is C11H13N. The Kier molecular flexibility index (Phi) is 2.88. The molecule has 0 radical (unpaired) electrons. The average Bonchev–Trinajstić information content (AvgIpc) is 2.17. The van der Waals surface area contributed by atoms with Crippen LogP contribution < -0.4 is 0 Å². The monoisotopic (exact) mass is 159 g/mol. The Morgan fingerprint density at radius 1 is 1.33 bits per heavy atom. The molecule has 0 aromatic heterocycles. The standard InChI is InChI=1S/C11H13N/c1-4-9(2)10-5-7-11(12-3)8-6-10/h5-9H,4H2,1-2H3. The second-order valence-corrected chi connectivity index (χ2v) is 3.01. The third kappa shape index (κ3) is 1.85. The van der Waals surface area contributed by atoms with Gasteiger partial charge in [0.05, 0.1) is 6.57 Å². The molecule has 0 aliphatic carbocycles. The molecule has 0 amide bonds. The molecule has 0 saturated heterocycles. The zero-order valence-electron chi connectivity index (χ0n) is 7.54. The molecule has 0 spiro atoms. The minimum Gasteiger partial charge on any atom is -0.238 e. The van der Waals surface area contributed by atoms with E-state index < -0.39 is 0 Å². The van der Waals surface area contributed by atoms with Crippen LogP contribution in [0.3, 0.4) is 0 Å². The summed E-state index contributed by atoms with van der Waals surface area (Å²) in [5.41, 5.74) is 2.05. The van der Waals surface area contributed by atoms with Crippen LogP contribution in [0.5, 0.6) is 0 Å². The number of benzene rings is 1. The Labute approximate surface area is 73.9 Å². The molecule has 1 heteroatoms. The van der Waals surface area contributed by atoms with Crippen molar-refractivity contribution in [2.45, 2.75) is 26.2 Å². The molecule has 0 aliphatic rings.